The van der Waals surface area contributed by atoms with Crippen LogP contribution in [0.1, 0.15) is 64.7 Å². The van der Waals surface area contributed by atoms with E-state index >= 15 is 0 Å². The van der Waals surface area contributed by atoms with Gasteiger partial charge in [-0.05, 0) is 51.9 Å². The number of aliphatic hydroxyl groups excluding tert-OH is 10. The Morgan fingerprint density at radius 1 is 0.587 bits per heavy atom. The van der Waals surface area contributed by atoms with Gasteiger partial charge in [0.05, 0.1) is 32.5 Å². The molecule has 0 aliphatic rings. The van der Waals surface area contributed by atoms with Gasteiger partial charge in [0.25, 0.3) is 0 Å². The van der Waals surface area contributed by atoms with Crippen LogP contribution in [-0.2, 0) is 23.9 Å². The number of hydrogen-bond donors (Lipinski definition) is 12. The first-order valence-corrected chi connectivity index (χ1v) is 15.6. The molecule has 9 atom stereocenters. The highest BCUT2D eigenvalue weighted by molar-refractivity contribution is 5.87. The molecule has 272 valence electrons. The molecule has 17 heteroatoms. The summed E-state index contributed by atoms with van der Waals surface area (Å²) in [5.74, 6) is -0.663. The van der Waals surface area contributed by atoms with Crippen molar-refractivity contribution in [3.63, 3.8) is 0 Å². The molecule has 0 saturated heterocycles. The summed E-state index contributed by atoms with van der Waals surface area (Å²) in [6.07, 6.45) is -9.13. The highest BCUT2D eigenvalue weighted by atomic mass is 16.5. The van der Waals surface area contributed by atoms with E-state index in [9.17, 15) is 55.2 Å². The third kappa shape index (κ3) is 19.7. The van der Waals surface area contributed by atoms with Gasteiger partial charge in [0.1, 0.15) is 48.8 Å². The van der Waals surface area contributed by atoms with Gasteiger partial charge in [-0.2, -0.15) is 0 Å². The van der Waals surface area contributed by atoms with Crippen molar-refractivity contribution < 1.29 is 74.9 Å². The minimum atomic E-state index is -1.74. The first-order chi connectivity index (χ1) is 21.8. The van der Waals surface area contributed by atoms with E-state index in [-0.39, 0.29) is 56.9 Å². The quantitative estimate of drug-likeness (QED) is 0.0334. The number of aliphatic hydroxyl groups is 10. The zero-order chi connectivity index (χ0) is 35.1. The van der Waals surface area contributed by atoms with Crippen LogP contribution in [-0.4, -0.2) is 170 Å². The number of carbonyl (C=O) groups excluding carboxylic acids is 3. The van der Waals surface area contributed by atoms with E-state index in [0.29, 0.717) is 51.5 Å². The van der Waals surface area contributed by atoms with Crippen molar-refractivity contribution in [3.8, 4) is 0 Å². The fourth-order valence-corrected chi connectivity index (χ4v) is 4.14. The molecule has 0 aromatic heterocycles. The van der Waals surface area contributed by atoms with Gasteiger partial charge < -0.3 is 71.2 Å². The van der Waals surface area contributed by atoms with E-state index in [1.54, 1.807) is 0 Å². The zero-order valence-corrected chi connectivity index (χ0v) is 26.5. The van der Waals surface area contributed by atoms with Crippen LogP contribution < -0.4 is 10.6 Å². The predicted molar refractivity (Wildman–Crippen MR) is 161 cm³/mol. The molecule has 17 nitrogen and oxygen atoms in total. The lowest BCUT2D eigenvalue weighted by Crippen LogP contribution is -2.47. The molecule has 0 spiro atoms. The number of nitrogens with one attached hydrogen (secondary N) is 2. The molecule has 0 aliphatic heterocycles. The lowest BCUT2D eigenvalue weighted by molar-refractivity contribution is -0.129. The summed E-state index contributed by atoms with van der Waals surface area (Å²) in [5, 5.41) is 99.8. The van der Waals surface area contributed by atoms with Crippen molar-refractivity contribution in [1.82, 2.24) is 10.6 Å². The molecule has 0 rings (SSSR count). The van der Waals surface area contributed by atoms with Crippen LogP contribution in [0.4, 0.5) is 0 Å². The van der Waals surface area contributed by atoms with Crippen LogP contribution in [0.25, 0.3) is 0 Å². The second kappa shape index (κ2) is 26.1. The largest absolute Gasteiger partial charge is 0.394 e. The fourth-order valence-electron chi connectivity index (χ4n) is 4.14. The molecule has 0 saturated carbocycles. The third-order valence-corrected chi connectivity index (χ3v) is 7.18. The first kappa shape index (κ1) is 44.1. The number of rotatable bonds is 29. The minimum absolute atomic E-state index is 0.140. The maximum atomic E-state index is 12.3. The molecule has 0 fully saturated rings. The summed E-state index contributed by atoms with van der Waals surface area (Å²) < 4.78 is 10.4. The second-order valence-electron chi connectivity index (χ2n) is 11.2. The molecule has 0 heterocycles. The Morgan fingerprint density at radius 3 is 1.46 bits per heavy atom. The Morgan fingerprint density at radius 2 is 1.02 bits per heavy atom. The average molecular weight is 673 g/mol. The van der Waals surface area contributed by atoms with Crippen molar-refractivity contribution in [2.24, 2.45) is 0 Å². The zero-order valence-electron chi connectivity index (χ0n) is 26.5. The van der Waals surface area contributed by atoms with Crippen LogP contribution >= 0.6 is 0 Å². The van der Waals surface area contributed by atoms with Gasteiger partial charge >= 0.3 is 0 Å². The number of Topliss-reactive ketones (excluding diaryl/α,β-unsaturated/α-hetero) is 1. The predicted octanol–water partition coefficient (Wildman–Crippen LogP) is -4.41. The van der Waals surface area contributed by atoms with Gasteiger partial charge in [-0.1, -0.05) is 0 Å². The monoisotopic (exact) mass is 672 g/mol. The maximum Gasteiger partial charge on any atom is 0.220 e. The number of carbonyl (C=O) groups is 3. The molecule has 0 aliphatic carbocycles. The lowest BCUT2D eigenvalue weighted by Gasteiger charge is -2.25. The van der Waals surface area contributed by atoms with Gasteiger partial charge in [-0.3, -0.25) is 14.4 Å². The van der Waals surface area contributed by atoms with Gasteiger partial charge in [0, 0.05) is 32.6 Å². The van der Waals surface area contributed by atoms with Gasteiger partial charge in [0.15, 0.2) is 5.78 Å². The fraction of sp³-hybridized carbons (Fsp3) is 0.897. The maximum absolute atomic E-state index is 12.3. The highest BCUT2D eigenvalue weighted by Crippen LogP contribution is 2.08. The van der Waals surface area contributed by atoms with Gasteiger partial charge in [-0.15, -0.1) is 0 Å². The molecule has 2 amide bonds. The van der Waals surface area contributed by atoms with Crippen molar-refractivity contribution in [3.05, 3.63) is 0 Å². The average Bonchev–Trinajstić information content (AvgIpc) is 3.04. The molecule has 9 unspecified atom stereocenters. The minimum Gasteiger partial charge on any atom is -0.394 e. The number of ether oxygens (including phenoxy) is 2. The molecule has 0 radical (unpaired) electrons. The van der Waals surface area contributed by atoms with E-state index in [4.69, 9.17) is 19.7 Å². The first-order valence-electron chi connectivity index (χ1n) is 15.6. The van der Waals surface area contributed by atoms with Crippen molar-refractivity contribution in [2.45, 2.75) is 120 Å². The topological polar surface area (TPSA) is 296 Å². The molecular formula is C29H56N2O15. The second-order valence-corrected chi connectivity index (χ2v) is 11.2. The van der Waals surface area contributed by atoms with Crippen LogP contribution in [0.2, 0.25) is 0 Å². The van der Waals surface area contributed by atoms with E-state index in [1.807, 2.05) is 0 Å². The summed E-state index contributed by atoms with van der Waals surface area (Å²) in [6.45, 7) is -0.0425. The summed E-state index contributed by atoms with van der Waals surface area (Å²) in [5.41, 5.74) is 0. The van der Waals surface area contributed by atoms with Gasteiger partial charge in [0.2, 0.25) is 11.8 Å². The molecule has 46 heavy (non-hydrogen) atoms. The van der Waals surface area contributed by atoms with Gasteiger partial charge in [-0.25, -0.2) is 0 Å². The molecule has 12 N–H and O–H groups in total. The van der Waals surface area contributed by atoms with E-state index in [1.165, 1.54) is 6.92 Å². The van der Waals surface area contributed by atoms with Crippen LogP contribution in [0.5, 0.6) is 0 Å². The highest BCUT2D eigenvalue weighted by Gasteiger charge is 2.31. The standard InChI is InChI=1S/C29H56N2O15/c1-18(34)19(31-25(40)10-4-7-13-46-17-23(38)29(44)27(42)21(36)15-33)8-2-5-11-30-24(39)9-3-6-12-45-16-22(37)28(43)26(41)20(35)14-32/h19-23,26-29,32-33,35-38,41-44H,2-17H2,1H3,(H,30,39)(H,31,40). The smallest absolute Gasteiger partial charge is 0.220 e. The Balaban J connectivity index is 3.98. The number of amides is 2. The van der Waals surface area contributed by atoms with Crippen LogP contribution in [0, 0.1) is 0 Å². The van der Waals surface area contributed by atoms with Crippen molar-refractivity contribution >= 4 is 17.6 Å². The molecule has 0 bridgehead atoms. The lowest BCUT2D eigenvalue weighted by atomic mass is 10.0. The van der Waals surface area contributed by atoms with E-state index in [0.717, 1.165) is 0 Å². The normalized spacial score (nSPS) is 17.6. The molecule has 0 aromatic carbocycles. The molecular weight excluding hydrogens is 616 g/mol. The SMILES string of the molecule is CC(=O)C(CCCCNC(=O)CCCCOCC(O)C(O)C(O)C(O)CO)NC(=O)CCCCOCC(O)C(O)C(O)C(O)CO. The Bertz CT molecular complexity index is 824. The summed E-state index contributed by atoms with van der Waals surface area (Å²) in [4.78, 5) is 36.2. The van der Waals surface area contributed by atoms with E-state index in [2.05, 4.69) is 10.6 Å². The Kier molecular flexibility index (Phi) is 25.1. The van der Waals surface area contributed by atoms with Crippen molar-refractivity contribution in [2.75, 3.05) is 46.2 Å². The number of hydrogen-bond acceptors (Lipinski definition) is 15. The summed E-state index contributed by atoms with van der Waals surface area (Å²) in [7, 11) is 0. The number of unbranched alkanes of at least 4 members (excludes halogenated alkanes) is 3. The van der Waals surface area contributed by atoms with E-state index < -0.39 is 68.1 Å². The Hall–Kier alpha value is -1.87. The third-order valence-electron chi connectivity index (χ3n) is 7.18. The van der Waals surface area contributed by atoms with Crippen molar-refractivity contribution in [1.29, 1.82) is 0 Å². The summed E-state index contributed by atoms with van der Waals surface area (Å²) in [6, 6.07) is -0.653. The number of ketones is 1. The van der Waals surface area contributed by atoms with Crippen LogP contribution in [0.15, 0.2) is 0 Å². The Labute approximate surface area is 269 Å². The van der Waals surface area contributed by atoms with Crippen LogP contribution in [0.3, 0.4) is 0 Å². The molecule has 0 aromatic rings. The summed E-state index contributed by atoms with van der Waals surface area (Å²) >= 11 is 0.